The molecular weight excluding hydrogens is 280 g/mol. The van der Waals surface area contributed by atoms with Crippen molar-refractivity contribution >= 4 is 29.7 Å². The summed E-state index contributed by atoms with van der Waals surface area (Å²) in [4.78, 5) is 14.3. The number of hydrogen-bond acceptors (Lipinski definition) is 3. The summed E-state index contributed by atoms with van der Waals surface area (Å²) in [5.41, 5.74) is 7.38. The molecule has 1 atom stereocenters. The second kappa shape index (κ2) is 6.25. The topological polar surface area (TPSA) is 55.1 Å². The second-order valence-corrected chi connectivity index (χ2v) is 6.61. The van der Waals surface area contributed by atoms with Gasteiger partial charge in [0, 0.05) is 17.5 Å². The number of carbonyl (C=O) groups excluding carboxylic acids is 1. The molecule has 2 aliphatic carbocycles. The Morgan fingerprint density at radius 2 is 2.16 bits per heavy atom. The van der Waals surface area contributed by atoms with Crippen LogP contribution in [0, 0.1) is 5.92 Å². The first-order valence-corrected chi connectivity index (χ1v) is 7.71. The van der Waals surface area contributed by atoms with E-state index < -0.39 is 0 Å². The van der Waals surface area contributed by atoms with Crippen LogP contribution in [0.25, 0.3) is 0 Å². The van der Waals surface area contributed by atoms with Gasteiger partial charge in [0.25, 0.3) is 5.91 Å². The van der Waals surface area contributed by atoms with E-state index in [1.807, 2.05) is 0 Å². The molecule has 1 heterocycles. The average molecular weight is 301 g/mol. The van der Waals surface area contributed by atoms with Crippen LogP contribution in [0.3, 0.4) is 0 Å². The van der Waals surface area contributed by atoms with Gasteiger partial charge in [-0.1, -0.05) is 0 Å². The van der Waals surface area contributed by atoms with Crippen LogP contribution in [0.2, 0.25) is 0 Å². The molecule has 5 heteroatoms. The molecule has 0 saturated heterocycles. The van der Waals surface area contributed by atoms with Gasteiger partial charge in [0.15, 0.2) is 0 Å². The van der Waals surface area contributed by atoms with Crippen LogP contribution in [0.5, 0.6) is 0 Å². The molecule has 0 aliphatic heterocycles. The fourth-order valence-corrected chi connectivity index (χ4v) is 3.76. The van der Waals surface area contributed by atoms with Gasteiger partial charge in [-0.15, -0.1) is 23.7 Å². The van der Waals surface area contributed by atoms with E-state index in [0.29, 0.717) is 12.5 Å². The Balaban J connectivity index is 0.00000133. The highest BCUT2D eigenvalue weighted by Gasteiger charge is 2.28. The number of aryl methyl sites for hydroxylation is 2. The average Bonchev–Trinajstić information content (AvgIpc) is 3.14. The number of nitrogens with one attached hydrogen (secondary N) is 1. The van der Waals surface area contributed by atoms with Crippen molar-refractivity contribution in [3.63, 3.8) is 0 Å². The van der Waals surface area contributed by atoms with E-state index >= 15 is 0 Å². The lowest BCUT2D eigenvalue weighted by Gasteiger charge is -2.10. The van der Waals surface area contributed by atoms with Gasteiger partial charge in [0.2, 0.25) is 0 Å². The molecule has 3 nitrogen and oxygen atoms in total. The molecule has 0 radical (unpaired) electrons. The largest absolute Gasteiger partial charge is 0.350 e. The Kier molecular flexibility index (Phi) is 4.87. The van der Waals surface area contributed by atoms with E-state index in [2.05, 4.69) is 11.4 Å². The van der Waals surface area contributed by atoms with Crippen molar-refractivity contribution < 1.29 is 4.79 Å². The summed E-state index contributed by atoms with van der Waals surface area (Å²) in [5, 5.41) is 2.98. The first kappa shape index (κ1) is 14.8. The van der Waals surface area contributed by atoms with Crippen molar-refractivity contribution in [3.05, 3.63) is 21.4 Å². The number of hydrogen-bond donors (Lipinski definition) is 2. The molecule has 1 saturated carbocycles. The highest BCUT2D eigenvalue weighted by atomic mass is 35.5. The quantitative estimate of drug-likeness (QED) is 0.898. The number of fused-ring (bicyclic) bond motifs is 1. The smallest absolute Gasteiger partial charge is 0.261 e. The fourth-order valence-electron chi connectivity index (χ4n) is 2.59. The SMILES string of the molecule is Cl.NC(CNC(=O)c1cc2c(s1)CCCC2)C1CC1. The zero-order chi connectivity index (χ0) is 12.5. The summed E-state index contributed by atoms with van der Waals surface area (Å²) in [6, 6.07) is 2.22. The molecule has 1 aromatic heterocycles. The normalized spacial score (nSPS) is 19.2. The lowest BCUT2D eigenvalue weighted by Crippen LogP contribution is -2.38. The van der Waals surface area contributed by atoms with Gasteiger partial charge in [-0.3, -0.25) is 4.79 Å². The van der Waals surface area contributed by atoms with Crippen molar-refractivity contribution in [1.29, 1.82) is 0 Å². The second-order valence-electron chi connectivity index (χ2n) is 5.48. The number of carbonyl (C=O) groups is 1. The van der Waals surface area contributed by atoms with E-state index in [1.165, 1.54) is 36.1 Å². The zero-order valence-corrected chi connectivity index (χ0v) is 12.6. The molecule has 1 aromatic rings. The van der Waals surface area contributed by atoms with Crippen LogP contribution in [-0.4, -0.2) is 18.5 Å². The van der Waals surface area contributed by atoms with Gasteiger partial charge in [-0.05, 0) is 56.1 Å². The van der Waals surface area contributed by atoms with Crippen LogP contribution in [0.1, 0.15) is 45.8 Å². The molecule has 2 aliphatic rings. The molecule has 3 rings (SSSR count). The molecule has 0 bridgehead atoms. The summed E-state index contributed by atoms with van der Waals surface area (Å²) < 4.78 is 0. The third-order valence-corrected chi connectivity index (χ3v) is 5.18. The van der Waals surface area contributed by atoms with Crippen molar-refractivity contribution in [2.24, 2.45) is 11.7 Å². The first-order valence-electron chi connectivity index (χ1n) is 6.89. The highest BCUT2D eigenvalue weighted by molar-refractivity contribution is 7.14. The Hall–Kier alpha value is -0.580. The molecule has 0 spiro atoms. The lowest BCUT2D eigenvalue weighted by atomic mass is 9.99. The monoisotopic (exact) mass is 300 g/mol. The molecule has 106 valence electrons. The van der Waals surface area contributed by atoms with Crippen LogP contribution in [-0.2, 0) is 12.8 Å². The predicted molar refractivity (Wildman–Crippen MR) is 81.2 cm³/mol. The van der Waals surface area contributed by atoms with Gasteiger partial charge < -0.3 is 11.1 Å². The van der Waals surface area contributed by atoms with E-state index in [4.69, 9.17) is 5.73 Å². The van der Waals surface area contributed by atoms with E-state index in [0.717, 1.165) is 17.7 Å². The molecule has 0 aromatic carbocycles. The molecule has 3 N–H and O–H groups in total. The van der Waals surface area contributed by atoms with Crippen LogP contribution >= 0.6 is 23.7 Å². The maximum atomic E-state index is 12.1. The maximum absolute atomic E-state index is 12.1. The van der Waals surface area contributed by atoms with Crippen molar-refractivity contribution in [2.75, 3.05) is 6.54 Å². The number of amides is 1. The predicted octanol–water partition coefficient (Wildman–Crippen LogP) is 2.52. The van der Waals surface area contributed by atoms with Crippen molar-refractivity contribution in [1.82, 2.24) is 5.32 Å². The summed E-state index contributed by atoms with van der Waals surface area (Å²) in [5.74, 6) is 0.701. The molecule has 19 heavy (non-hydrogen) atoms. The summed E-state index contributed by atoms with van der Waals surface area (Å²) in [6.45, 7) is 0.617. The van der Waals surface area contributed by atoms with Crippen LogP contribution in [0.15, 0.2) is 6.07 Å². The standard InChI is InChI=1S/C14H20N2OS.ClH/c15-11(9-5-6-9)8-16-14(17)13-7-10-3-1-2-4-12(10)18-13;/h7,9,11H,1-6,8,15H2,(H,16,17);1H. The van der Waals surface area contributed by atoms with E-state index in [9.17, 15) is 4.79 Å². The summed E-state index contributed by atoms with van der Waals surface area (Å²) in [6.07, 6.45) is 7.27. The van der Waals surface area contributed by atoms with Gasteiger partial charge in [-0.25, -0.2) is 0 Å². The lowest BCUT2D eigenvalue weighted by molar-refractivity contribution is 0.0954. The van der Waals surface area contributed by atoms with E-state index in [1.54, 1.807) is 11.3 Å². The minimum absolute atomic E-state index is 0. The molecule has 1 unspecified atom stereocenters. The highest BCUT2D eigenvalue weighted by Crippen LogP contribution is 2.31. The van der Waals surface area contributed by atoms with Crippen molar-refractivity contribution in [2.45, 2.75) is 44.6 Å². The Labute approximate surface area is 124 Å². The molecule has 1 fully saturated rings. The number of thiophene rings is 1. The molecule has 1 amide bonds. The Bertz CT molecular complexity index is 433. The minimum Gasteiger partial charge on any atom is -0.350 e. The van der Waals surface area contributed by atoms with Gasteiger partial charge in [-0.2, -0.15) is 0 Å². The zero-order valence-electron chi connectivity index (χ0n) is 11.0. The van der Waals surface area contributed by atoms with Gasteiger partial charge >= 0.3 is 0 Å². The first-order chi connectivity index (χ1) is 8.74. The van der Waals surface area contributed by atoms with Crippen LogP contribution in [0.4, 0.5) is 0 Å². The minimum atomic E-state index is 0. The third kappa shape index (κ3) is 3.50. The third-order valence-electron chi connectivity index (χ3n) is 3.95. The number of nitrogens with two attached hydrogens (primary N) is 1. The van der Waals surface area contributed by atoms with Crippen molar-refractivity contribution in [3.8, 4) is 0 Å². The summed E-state index contributed by atoms with van der Waals surface area (Å²) >= 11 is 1.67. The van der Waals surface area contributed by atoms with Gasteiger partial charge in [0.1, 0.15) is 0 Å². The van der Waals surface area contributed by atoms with Gasteiger partial charge in [0.05, 0.1) is 4.88 Å². The Morgan fingerprint density at radius 1 is 1.42 bits per heavy atom. The number of rotatable bonds is 4. The maximum Gasteiger partial charge on any atom is 0.261 e. The van der Waals surface area contributed by atoms with E-state index in [-0.39, 0.29) is 24.4 Å². The molecular formula is C14H21ClN2OS. The summed E-state index contributed by atoms with van der Waals surface area (Å²) in [7, 11) is 0. The fraction of sp³-hybridized carbons (Fsp3) is 0.643. The Morgan fingerprint density at radius 3 is 2.84 bits per heavy atom. The number of halogens is 1. The van der Waals surface area contributed by atoms with Crippen LogP contribution < -0.4 is 11.1 Å².